The number of fused-ring (bicyclic) bond motifs is 1. The van der Waals surface area contributed by atoms with Crippen LogP contribution in [0.2, 0.25) is 10.0 Å². The predicted octanol–water partition coefficient (Wildman–Crippen LogP) is 6.96. The minimum absolute atomic E-state index is 0.122. The molecule has 146 valence electrons. The zero-order valence-corrected chi connectivity index (χ0v) is 17.5. The van der Waals surface area contributed by atoms with Gasteiger partial charge in [-0.15, -0.1) is 0 Å². The van der Waals surface area contributed by atoms with Crippen LogP contribution < -0.4 is 10.2 Å². The third-order valence-corrected chi connectivity index (χ3v) is 5.48. The second-order valence-electron chi connectivity index (χ2n) is 6.91. The standard InChI is InChI=1S/C24H18Cl2O3/c1-14-10-19-21(11-15(14)2)29-23(16-6-4-3-5-7-16)24(22(19)27)28-13-17-8-9-18(25)12-20(17)26/h3-12H,13H2,1-2H3. The topological polar surface area (TPSA) is 39.4 Å². The molecular formula is C24H18Cl2O3. The van der Waals surface area contributed by atoms with E-state index in [1.807, 2.05) is 56.3 Å². The zero-order chi connectivity index (χ0) is 20.5. The molecule has 3 aromatic carbocycles. The molecule has 0 fully saturated rings. The Hall–Kier alpha value is -2.75. The maximum Gasteiger partial charge on any atom is 0.235 e. The van der Waals surface area contributed by atoms with Crippen LogP contribution in [0, 0.1) is 13.8 Å². The molecule has 0 radical (unpaired) electrons. The molecule has 1 heterocycles. The lowest BCUT2D eigenvalue weighted by Gasteiger charge is -2.13. The number of hydrogen-bond donors (Lipinski definition) is 0. The predicted molar refractivity (Wildman–Crippen MR) is 118 cm³/mol. The molecule has 0 unspecified atom stereocenters. The molecule has 3 nitrogen and oxygen atoms in total. The lowest BCUT2D eigenvalue weighted by molar-refractivity contribution is 0.298. The van der Waals surface area contributed by atoms with Crippen LogP contribution in [-0.2, 0) is 6.61 Å². The highest BCUT2D eigenvalue weighted by molar-refractivity contribution is 6.35. The van der Waals surface area contributed by atoms with Crippen LogP contribution >= 0.6 is 23.2 Å². The third kappa shape index (κ3) is 3.89. The summed E-state index contributed by atoms with van der Waals surface area (Å²) in [5, 5.41) is 1.51. The summed E-state index contributed by atoms with van der Waals surface area (Å²) in [4.78, 5) is 13.3. The first-order valence-electron chi connectivity index (χ1n) is 9.14. The van der Waals surface area contributed by atoms with Gasteiger partial charge >= 0.3 is 0 Å². The van der Waals surface area contributed by atoms with Crippen molar-refractivity contribution in [1.29, 1.82) is 0 Å². The van der Waals surface area contributed by atoms with Gasteiger partial charge in [0.15, 0.2) is 5.76 Å². The van der Waals surface area contributed by atoms with Gasteiger partial charge in [0.2, 0.25) is 11.2 Å². The molecule has 0 saturated carbocycles. The van der Waals surface area contributed by atoms with Crippen molar-refractivity contribution in [3.05, 3.63) is 97.6 Å². The number of aryl methyl sites for hydroxylation is 2. The Morgan fingerprint density at radius 3 is 2.38 bits per heavy atom. The fourth-order valence-corrected chi connectivity index (χ4v) is 3.60. The van der Waals surface area contributed by atoms with E-state index in [4.69, 9.17) is 32.4 Å². The summed E-state index contributed by atoms with van der Waals surface area (Å²) >= 11 is 12.2. The SMILES string of the molecule is Cc1cc2oc(-c3ccccc3)c(OCc3ccc(Cl)cc3Cl)c(=O)c2cc1C. The van der Waals surface area contributed by atoms with Gasteiger partial charge in [-0.3, -0.25) is 4.79 Å². The largest absolute Gasteiger partial charge is 0.481 e. The summed E-state index contributed by atoms with van der Waals surface area (Å²) in [5.41, 5.74) is 3.90. The first-order chi connectivity index (χ1) is 13.9. The van der Waals surface area contributed by atoms with E-state index in [-0.39, 0.29) is 17.8 Å². The Balaban J connectivity index is 1.87. The van der Waals surface area contributed by atoms with Crippen molar-refractivity contribution in [2.75, 3.05) is 0 Å². The fraction of sp³-hybridized carbons (Fsp3) is 0.125. The third-order valence-electron chi connectivity index (χ3n) is 4.89. The van der Waals surface area contributed by atoms with Gasteiger partial charge in [-0.05, 0) is 49.2 Å². The summed E-state index contributed by atoms with van der Waals surface area (Å²) in [5.74, 6) is 0.564. The van der Waals surface area contributed by atoms with Gasteiger partial charge in [-0.25, -0.2) is 0 Å². The van der Waals surface area contributed by atoms with Gasteiger partial charge in [0.25, 0.3) is 0 Å². The summed E-state index contributed by atoms with van der Waals surface area (Å²) < 4.78 is 12.1. The Bertz CT molecular complexity index is 1260. The Kier molecular flexibility index (Phi) is 5.35. The first kappa shape index (κ1) is 19.6. The minimum atomic E-state index is -0.210. The van der Waals surface area contributed by atoms with Crippen molar-refractivity contribution in [1.82, 2.24) is 0 Å². The van der Waals surface area contributed by atoms with Gasteiger partial charge in [0.05, 0.1) is 5.39 Å². The summed E-state index contributed by atoms with van der Waals surface area (Å²) in [7, 11) is 0. The molecule has 0 aliphatic heterocycles. The minimum Gasteiger partial charge on any atom is -0.481 e. The van der Waals surface area contributed by atoms with Crippen molar-refractivity contribution >= 4 is 34.2 Å². The molecule has 4 rings (SSSR count). The van der Waals surface area contributed by atoms with Crippen molar-refractivity contribution < 1.29 is 9.15 Å². The van der Waals surface area contributed by atoms with E-state index in [0.717, 1.165) is 22.3 Å². The molecule has 5 heteroatoms. The summed E-state index contributed by atoms with van der Waals surface area (Å²) in [6, 6.07) is 18.3. The maximum atomic E-state index is 13.3. The van der Waals surface area contributed by atoms with E-state index in [2.05, 4.69) is 0 Å². The molecule has 0 aliphatic carbocycles. The molecule has 29 heavy (non-hydrogen) atoms. The van der Waals surface area contributed by atoms with Crippen LogP contribution in [0.25, 0.3) is 22.3 Å². The van der Waals surface area contributed by atoms with Crippen LogP contribution in [0.3, 0.4) is 0 Å². The molecule has 0 saturated heterocycles. The molecule has 1 aromatic heterocycles. The van der Waals surface area contributed by atoms with Crippen molar-refractivity contribution in [3.8, 4) is 17.1 Å². The average molecular weight is 425 g/mol. The normalized spacial score (nSPS) is 11.0. The maximum absolute atomic E-state index is 13.3. The highest BCUT2D eigenvalue weighted by Gasteiger charge is 2.19. The molecule has 0 bridgehead atoms. The lowest BCUT2D eigenvalue weighted by atomic mass is 10.0. The number of hydrogen-bond acceptors (Lipinski definition) is 3. The van der Waals surface area contributed by atoms with Crippen molar-refractivity contribution in [3.63, 3.8) is 0 Å². The van der Waals surface area contributed by atoms with Gasteiger partial charge < -0.3 is 9.15 Å². The number of ether oxygens (including phenoxy) is 1. The van der Waals surface area contributed by atoms with E-state index < -0.39 is 0 Å². The average Bonchev–Trinajstić information content (AvgIpc) is 2.70. The zero-order valence-electron chi connectivity index (χ0n) is 16.0. The second-order valence-corrected chi connectivity index (χ2v) is 7.76. The molecule has 4 aromatic rings. The van der Waals surface area contributed by atoms with E-state index >= 15 is 0 Å². The van der Waals surface area contributed by atoms with Crippen LogP contribution in [-0.4, -0.2) is 0 Å². The van der Waals surface area contributed by atoms with Gasteiger partial charge in [0.1, 0.15) is 12.2 Å². The van der Waals surface area contributed by atoms with Crippen molar-refractivity contribution in [2.24, 2.45) is 0 Å². The number of benzene rings is 3. The smallest absolute Gasteiger partial charge is 0.235 e. The van der Waals surface area contributed by atoms with E-state index in [1.165, 1.54) is 0 Å². The van der Waals surface area contributed by atoms with Gasteiger partial charge in [-0.2, -0.15) is 0 Å². The number of halogens is 2. The van der Waals surface area contributed by atoms with Gasteiger partial charge in [-0.1, -0.05) is 59.6 Å². The Morgan fingerprint density at radius 2 is 1.66 bits per heavy atom. The molecule has 0 spiro atoms. The molecule has 0 atom stereocenters. The lowest BCUT2D eigenvalue weighted by Crippen LogP contribution is -2.11. The van der Waals surface area contributed by atoms with E-state index in [1.54, 1.807) is 18.2 Å². The summed E-state index contributed by atoms with van der Waals surface area (Å²) in [6.45, 7) is 4.08. The Labute approximate surface area is 178 Å². The fourth-order valence-electron chi connectivity index (χ4n) is 3.13. The second kappa shape index (κ2) is 7.94. The Morgan fingerprint density at radius 1 is 0.931 bits per heavy atom. The first-order valence-corrected chi connectivity index (χ1v) is 9.90. The highest BCUT2D eigenvalue weighted by Crippen LogP contribution is 2.32. The molecular weight excluding hydrogens is 407 g/mol. The van der Waals surface area contributed by atoms with Crippen LogP contribution in [0.15, 0.2) is 69.9 Å². The molecule has 0 amide bonds. The van der Waals surface area contributed by atoms with Crippen LogP contribution in [0.1, 0.15) is 16.7 Å². The molecule has 0 aliphatic rings. The quantitative estimate of drug-likeness (QED) is 0.355. The van der Waals surface area contributed by atoms with Crippen LogP contribution in [0.4, 0.5) is 0 Å². The number of rotatable bonds is 4. The molecule has 0 N–H and O–H groups in total. The van der Waals surface area contributed by atoms with Crippen LogP contribution in [0.5, 0.6) is 5.75 Å². The van der Waals surface area contributed by atoms with E-state index in [9.17, 15) is 4.79 Å². The monoisotopic (exact) mass is 424 g/mol. The highest BCUT2D eigenvalue weighted by atomic mass is 35.5. The van der Waals surface area contributed by atoms with Gasteiger partial charge in [0, 0.05) is 21.2 Å². The van der Waals surface area contributed by atoms with Crippen molar-refractivity contribution in [2.45, 2.75) is 20.5 Å². The summed E-state index contributed by atoms with van der Waals surface area (Å²) in [6.07, 6.45) is 0. The van der Waals surface area contributed by atoms with E-state index in [0.29, 0.717) is 26.8 Å².